The fourth-order valence-electron chi connectivity index (χ4n) is 1.02. The number of hydrogen-bond acceptors (Lipinski definition) is 3. The highest BCUT2D eigenvalue weighted by Crippen LogP contribution is 2.34. The quantitative estimate of drug-likeness (QED) is 0.488. The SMILES string of the molecule is O=[N+]([O-])c1c(C(F)F)ncc(Br)c1CCl. The minimum Gasteiger partial charge on any atom is -0.258 e. The average molecular weight is 301 g/mol. The molecule has 0 saturated carbocycles. The van der Waals surface area contributed by atoms with Crippen molar-refractivity contribution >= 4 is 33.2 Å². The van der Waals surface area contributed by atoms with Gasteiger partial charge in [-0.15, -0.1) is 11.6 Å². The second-order valence-corrected chi connectivity index (χ2v) is 3.63. The van der Waals surface area contributed by atoms with Gasteiger partial charge in [-0.3, -0.25) is 10.1 Å². The summed E-state index contributed by atoms with van der Waals surface area (Å²) in [5, 5.41) is 10.6. The number of aromatic nitrogens is 1. The van der Waals surface area contributed by atoms with Gasteiger partial charge in [0, 0.05) is 10.7 Å². The Kier molecular flexibility index (Phi) is 3.92. The van der Waals surface area contributed by atoms with Gasteiger partial charge in [0.05, 0.1) is 16.4 Å². The minimum atomic E-state index is -3.00. The Morgan fingerprint density at radius 1 is 1.67 bits per heavy atom. The number of nitrogens with zero attached hydrogens (tertiary/aromatic N) is 2. The van der Waals surface area contributed by atoms with E-state index in [9.17, 15) is 18.9 Å². The molecule has 1 rings (SSSR count). The maximum atomic E-state index is 12.4. The highest BCUT2D eigenvalue weighted by atomic mass is 79.9. The van der Waals surface area contributed by atoms with E-state index in [1.807, 2.05) is 0 Å². The Bertz CT molecular complexity index is 403. The lowest BCUT2D eigenvalue weighted by molar-refractivity contribution is -0.387. The molecule has 0 amide bonds. The monoisotopic (exact) mass is 300 g/mol. The lowest BCUT2D eigenvalue weighted by atomic mass is 10.2. The lowest BCUT2D eigenvalue weighted by Gasteiger charge is -2.05. The Balaban J connectivity index is 3.49. The van der Waals surface area contributed by atoms with Crippen molar-refractivity contribution < 1.29 is 13.7 Å². The molecule has 0 unspecified atom stereocenters. The van der Waals surface area contributed by atoms with E-state index < -0.39 is 22.7 Å². The number of rotatable bonds is 3. The third-order valence-electron chi connectivity index (χ3n) is 1.66. The summed E-state index contributed by atoms with van der Waals surface area (Å²) in [7, 11) is 0. The van der Waals surface area contributed by atoms with Gasteiger partial charge in [-0.2, -0.15) is 0 Å². The van der Waals surface area contributed by atoms with Crippen molar-refractivity contribution in [1.82, 2.24) is 4.98 Å². The molecular formula is C7H4BrClF2N2O2. The largest absolute Gasteiger partial charge is 0.302 e. The van der Waals surface area contributed by atoms with Crippen LogP contribution < -0.4 is 0 Å². The Hall–Kier alpha value is -0.820. The lowest BCUT2D eigenvalue weighted by Crippen LogP contribution is -2.03. The van der Waals surface area contributed by atoms with Gasteiger partial charge in [0.1, 0.15) is 0 Å². The summed E-state index contributed by atoms with van der Waals surface area (Å²) >= 11 is 8.41. The Morgan fingerprint density at radius 3 is 2.67 bits per heavy atom. The van der Waals surface area contributed by atoms with E-state index >= 15 is 0 Å². The fraction of sp³-hybridized carbons (Fsp3) is 0.286. The van der Waals surface area contributed by atoms with Gasteiger partial charge in [0.2, 0.25) is 0 Å². The molecule has 8 heteroatoms. The number of alkyl halides is 3. The maximum absolute atomic E-state index is 12.4. The van der Waals surface area contributed by atoms with E-state index in [1.54, 1.807) is 0 Å². The van der Waals surface area contributed by atoms with Crippen LogP contribution in [0.3, 0.4) is 0 Å². The van der Waals surface area contributed by atoms with Crippen LogP contribution in [0.1, 0.15) is 17.7 Å². The van der Waals surface area contributed by atoms with E-state index in [1.165, 1.54) is 0 Å². The first-order valence-electron chi connectivity index (χ1n) is 3.64. The maximum Gasteiger partial charge on any atom is 0.302 e. The molecule has 0 fully saturated rings. The third-order valence-corrected chi connectivity index (χ3v) is 2.61. The first-order chi connectivity index (χ1) is 6.99. The van der Waals surface area contributed by atoms with Gasteiger partial charge in [-0.25, -0.2) is 13.8 Å². The van der Waals surface area contributed by atoms with Crippen molar-refractivity contribution in [2.75, 3.05) is 0 Å². The van der Waals surface area contributed by atoms with Gasteiger partial charge in [-0.1, -0.05) is 0 Å². The molecular weight excluding hydrogens is 297 g/mol. The smallest absolute Gasteiger partial charge is 0.258 e. The second-order valence-electron chi connectivity index (χ2n) is 2.51. The van der Waals surface area contributed by atoms with Crippen LogP contribution in [0.2, 0.25) is 0 Å². The predicted octanol–water partition coefficient (Wildman–Crippen LogP) is 3.43. The fourth-order valence-corrected chi connectivity index (χ4v) is 1.89. The van der Waals surface area contributed by atoms with E-state index in [-0.39, 0.29) is 15.9 Å². The van der Waals surface area contributed by atoms with Gasteiger partial charge in [0.25, 0.3) is 6.43 Å². The summed E-state index contributed by atoms with van der Waals surface area (Å²) in [6.45, 7) is 0. The molecule has 0 bridgehead atoms. The molecule has 15 heavy (non-hydrogen) atoms. The topological polar surface area (TPSA) is 56.0 Å². The van der Waals surface area contributed by atoms with Crippen molar-refractivity contribution in [2.24, 2.45) is 0 Å². The molecule has 1 aromatic heterocycles. The summed E-state index contributed by atoms with van der Waals surface area (Å²) < 4.78 is 25.1. The number of hydrogen-bond donors (Lipinski definition) is 0. The molecule has 0 aliphatic rings. The van der Waals surface area contributed by atoms with Gasteiger partial charge in [0.15, 0.2) is 5.69 Å². The molecule has 0 aliphatic heterocycles. The first-order valence-corrected chi connectivity index (χ1v) is 4.97. The van der Waals surface area contributed by atoms with Crippen LogP contribution in [0, 0.1) is 10.1 Å². The second kappa shape index (κ2) is 4.80. The average Bonchev–Trinajstić information content (AvgIpc) is 2.16. The van der Waals surface area contributed by atoms with Crippen LogP contribution >= 0.6 is 27.5 Å². The zero-order valence-corrected chi connectivity index (χ0v) is 9.43. The summed E-state index contributed by atoms with van der Waals surface area (Å²) in [5.41, 5.74) is -1.58. The van der Waals surface area contributed by atoms with Crippen LogP contribution in [-0.2, 0) is 5.88 Å². The highest BCUT2D eigenvalue weighted by molar-refractivity contribution is 9.10. The minimum absolute atomic E-state index is 0.00645. The molecule has 0 atom stereocenters. The summed E-state index contributed by atoms with van der Waals surface area (Å²) in [6, 6.07) is 0. The molecule has 0 radical (unpaired) electrons. The third kappa shape index (κ3) is 2.40. The van der Waals surface area contributed by atoms with Crippen molar-refractivity contribution in [3.63, 3.8) is 0 Å². The van der Waals surface area contributed by atoms with Crippen LogP contribution in [-0.4, -0.2) is 9.91 Å². The molecule has 0 N–H and O–H groups in total. The molecule has 0 aliphatic carbocycles. The van der Waals surface area contributed by atoms with Crippen molar-refractivity contribution in [3.05, 3.63) is 32.0 Å². The molecule has 82 valence electrons. The van der Waals surface area contributed by atoms with Crippen molar-refractivity contribution in [1.29, 1.82) is 0 Å². The highest BCUT2D eigenvalue weighted by Gasteiger charge is 2.28. The normalized spacial score (nSPS) is 10.7. The van der Waals surface area contributed by atoms with E-state index in [0.29, 0.717) is 0 Å². The van der Waals surface area contributed by atoms with Gasteiger partial charge >= 0.3 is 5.69 Å². The molecule has 0 spiro atoms. The molecule has 4 nitrogen and oxygen atoms in total. The zero-order valence-electron chi connectivity index (χ0n) is 7.08. The van der Waals surface area contributed by atoms with Crippen LogP contribution in [0.25, 0.3) is 0 Å². The van der Waals surface area contributed by atoms with Gasteiger partial charge < -0.3 is 0 Å². The van der Waals surface area contributed by atoms with Gasteiger partial charge in [-0.05, 0) is 15.9 Å². The number of nitro groups is 1. The summed E-state index contributed by atoms with van der Waals surface area (Å²) in [4.78, 5) is 13.0. The van der Waals surface area contributed by atoms with Crippen LogP contribution in [0.5, 0.6) is 0 Å². The van der Waals surface area contributed by atoms with Crippen molar-refractivity contribution in [3.8, 4) is 0 Å². The summed E-state index contributed by atoms with van der Waals surface area (Å²) in [5.74, 6) is -0.237. The Morgan fingerprint density at radius 2 is 2.27 bits per heavy atom. The first kappa shape index (κ1) is 12.3. The number of halogens is 4. The van der Waals surface area contributed by atoms with E-state index in [0.717, 1.165) is 6.20 Å². The van der Waals surface area contributed by atoms with Crippen LogP contribution in [0.4, 0.5) is 14.5 Å². The molecule has 0 aromatic carbocycles. The molecule has 1 aromatic rings. The molecule has 0 saturated heterocycles. The van der Waals surface area contributed by atoms with Crippen LogP contribution in [0.15, 0.2) is 10.7 Å². The van der Waals surface area contributed by atoms with Crippen molar-refractivity contribution in [2.45, 2.75) is 12.3 Å². The Labute approximate surface area is 96.5 Å². The van der Waals surface area contributed by atoms with E-state index in [4.69, 9.17) is 11.6 Å². The number of pyridine rings is 1. The zero-order chi connectivity index (χ0) is 11.6. The summed E-state index contributed by atoms with van der Waals surface area (Å²) in [6.07, 6.45) is -1.92. The van der Waals surface area contributed by atoms with E-state index in [2.05, 4.69) is 20.9 Å². The standard InChI is InChI=1S/C7H4BrClF2N2O2/c8-4-2-12-5(7(10)11)6(13(14)15)3(4)1-9/h2,7H,1H2. The molecule has 1 heterocycles. The predicted molar refractivity (Wildman–Crippen MR) is 53.1 cm³/mol.